The number of primary amides is 1. The first-order chi connectivity index (χ1) is 10.3. The highest BCUT2D eigenvalue weighted by Crippen LogP contribution is 2.46. The van der Waals surface area contributed by atoms with Gasteiger partial charge in [0.25, 0.3) is 0 Å². The molecule has 2 aliphatic rings. The Morgan fingerprint density at radius 3 is 2.45 bits per heavy atom. The molecular weight excluding hydrogens is 282 g/mol. The van der Waals surface area contributed by atoms with E-state index in [2.05, 4.69) is 9.97 Å². The maximum absolute atomic E-state index is 11.7. The predicted molar refractivity (Wildman–Crippen MR) is 81.6 cm³/mol. The normalized spacial score (nSPS) is 22.4. The molecule has 0 atom stereocenters. The Hall–Kier alpha value is -1.89. The SMILES string of the molecule is CC1(C)c2c(nc(N)nc2C2(O)CCCCC2)CN1C(N)=O. The molecule has 0 unspecified atom stereocenters. The fourth-order valence-corrected chi connectivity index (χ4v) is 3.83. The summed E-state index contributed by atoms with van der Waals surface area (Å²) in [6.45, 7) is 4.10. The van der Waals surface area contributed by atoms with Crippen LogP contribution in [0.2, 0.25) is 0 Å². The van der Waals surface area contributed by atoms with E-state index >= 15 is 0 Å². The molecular formula is C15H23N5O2. The summed E-state index contributed by atoms with van der Waals surface area (Å²) in [6, 6.07) is -0.511. The van der Waals surface area contributed by atoms with Crippen LogP contribution in [0.25, 0.3) is 0 Å². The fourth-order valence-electron chi connectivity index (χ4n) is 3.83. The maximum atomic E-state index is 11.7. The van der Waals surface area contributed by atoms with Gasteiger partial charge in [-0.1, -0.05) is 19.3 Å². The standard InChI is InChI=1S/C15H23N5O2/c1-14(2)10-9(8-20(14)13(17)21)18-12(16)19-11(10)15(22)6-4-3-5-7-15/h22H,3-8H2,1-2H3,(H2,17,21)(H2,16,18,19). The van der Waals surface area contributed by atoms with Gasteiger partial charge in [-0.2, -0.15) is 0 Å². The van der Waals surface area contributed by atoms with Crippen LogP contribution in [-0.2, 0) is 17.7 Å². The van der Waals surface area contributed by atoms with Crippen molar-refractivity contribution in [2.45, 2.75) is 63.6 Å². The molecule has 3 rings (SSSR count). The molecule has 0 spiro atoms. The van der Waals surface area contributed by atoms with E-state index in [1.807, 2.05) is 13.8 Å². The van der Waals surface area contributed by atoms with Crippen molar-refractivity contribution >= 4 is 12.0 Å². The number of rotatable bonds is 1. The summed E-state index contributed by atoms with van der Waals surface area (Å²) in [7, 11) is 0. The Morgan fingerprint density at radius 2 is 1.86 bits per heavy atom. The van der Waals surface area contributed by atoms with Gasteiger partial charge in [-0.05, 0) is 26.7 Å². The lowest BCUT2D eigenvalue weighted by Gasteiger charge is -2.37. The fraction of sp³-hybridized carbons (Fsp3) is 0.667. The van der Waals surface area contributed by atoms with Gasteiger partial charge < -0.3 is 21.5 Å². The molecule has 5 N–H and O–H groups in total. The molecule has 2 heterocycles. The Balaban J connectivity index is 2.17. The molecule has 1 aliphatic heterocycles. The first kappa shape index (κ1) is 15.0. The first-order valence-electron chi connectivity index (χ1n) is 7.72. The van der Waals surface area contributed by atoms with Crippen molar-refractivity contribution < 1.29 is 9.90 Å². The molecule has 0 radical (unpaired) electrons. The number of aromatic nitrogens is 2. The van der Waals surface area contributed by atoms with Gasteiger partial charge in [-0.3, -0.25) is 0 Å². The number of hydrogen-bond donors (Lipinski definition) is 3. The van der Waals surface area contributed by atoms with Crippen LogP contribution in [0.1, 0.15) is 62.9 Å². The second-order valence-corrected chi connectivity index (χ2v) is 6.83. The van der Waals surface area contributed by atoms with Crippen molar-refractivity contribution in [1.29, 1.82) is 0 Å². The topological polar surface area (TPSA) is 118 Å². The van der Waals surface area contributed by atoms with Crippen molar-refractivity contribution in [3.63, 3.8) is 0 Å². The van der Waals surface area contributed by atoms with Crippen LogP contribution < -0.4 is 11.5 Å². The van der Waals surface area contributed by atoms with E-state index in [9.17, 15) is 9.90 Å². The zero-order valence-electron chi connectivity index (χ0n) is 13.1. The maximum Gasteiger partial charge on any atom is 0.315 e. The van der Waals surface area contributed by atoms with Crippen LogP contribution in [0.3, 0.4) is 0 Å². The molecule has 0 aromatic carbocycles. The number of hydrogen-bond acceptors (Lipinski definition) is 5. The minimum atomic E-state index is -0.996. The molecule has 7 nitrogen and oxygen atoms in total. The van der Waals surface area contributed by atoms with Crippen LogP contribution >= 0.6 is 0 Å². The number of carbonyl (C=O) groups is 1. The molecule has 2 amide bonds. The van der Waals surface area contributed by atoms with E-state index < -0.39 is 17.2 Å². The lowest BCUT2D eigenvalue weighted by molar-refractivity contribution is -0.00710. The van der Waals surface area contributed by atoms with Crippen LogP contribution in [-0.4, -0.2) is 26.0 Å². The third-order valence-corrected chi connectivity index (χ3v) is 4.98. The van der Waals surface area contributed by atoms with Crippen LogP contribution in [0.4, 0.5) is 10.7 Å². The highest BCUT2D eigenvalue weighted by Gasteiger charge is 2.47. The third-order valence-electron chi connectivity index (χ3n) is 4.98. The second kappa shape index (κ2) is 4.81. The summed E-state index contributed by atoms with van der Waals surface area (Å²) in [5, 5.41) is 11.1. The van der Waals surface area contributed by atoms with Crippen LogP contribution in [0.15, 0.2) is 0 Å². The number of urea groups is 1. The summed E-state index contributed by atoms with van der Waals surface area (Å²) >= 11 is 0. The van der Waals surface area contributed by atoms with Gasteiger partial charge in [0.05, 0.1) is 23.5 Å². The lowest BCUT2D eigenvalue weighted by Crippen LogP contribution is -2.44. The van der Waals surface area contributed by atoms with Gasteiger partial charge in [-0.25, -0.2) is 14.8 Å². The molecule has 0 bridgehead atoms. The average molecular weight is 305 g/mol. The van der Waals surface area contributed by atoms with Gasteiger partial charge in [0.15, 0.2) is 0 Å². The zero-order chi connectivity index (χ0) is 16.1. The van der Waals surface area contributed by atoms with Crippen molar-refractivity contribution in [1.82, 2.24) is 14.9 Å². The molecule has 1 fully saturated rings. The van der Waals surface area contributed by atoms with Gasteiger partial charge in [-0.15, -0.1) is 0 Å². The Labute approximate surface area is 129 Å². The monoisotopic (exact) mass is 305 g/mol. The number of nitrogens with two attached hydrogens (primary N) is 2. The summed E-state index contributed by atoms with van der Waals surface area (Å²) in [5.41, 5.74) is 11.7. The van der Waals surface area contributed by atoms with E-state index in [1.54, 1.807) is 4.90 Å². The molecule has 22 heavy (non-hydrogen) atoms. The highest BCUT2D eigenvalue weighted by atomic mass is 16.3. The van der Waals surface area contributed by atoms with Gasteiger partial charge in [0.2, 0.25) is 5.95 Å². The second-order valence-electron chi connectivity index (χ2n) is 6.83. The number of nitrogens with zero attached hydrogens (tertiary/aromatic N) is 3. The molecule has 1 saturated carbocycles. The zero-order valence-corrected chi connectivity index (χ0v) is 13.1. The first-order valence-corrected chi connectivity index (χ1v) is 7.72. The Morgan fingerprint density at radius 1 is 1.23 bits per heavy atom. The van der Waals surface area contributed by atoms with Gasteiger partial charge in [0.1, 0.15) is 5.60 Å². The number of carbonyl (C=O) groups excluding carboxylic acids is 1. The highest BCUT2D eigenvalue weighted by molar-refractivity contribution is 5.74. The number of aliphatic hydroxyl groups is 1. The van der Waals surface area contributed by atoms with Crippen molar-refractivity contribution in [2.75, 3.05) is 5.73 Å². The minimum Gasteiger partial charge on any atom is -0.384 e. The van der Waals surface area contributed by atoms with Crippen molar-refractivity contribution in [3.8, 4) is 0 Å². The van der Waals surface area contributed by atoms with E-state index in [4.69, 9.17) is 11.5 Å². The predicted octanol–water partition coefficient (Wildman–Crippen LogP) is 1.34. The summed E-state index contributed by atoms with van der Waals surface area (Å²) in [6.07, 6.45) is 4.33. The molecule has 0 saturated heterocycles. The summed E-state index contributed by atoms with van der Waals surface area (Å²) in [5.74, 6) is 0.134. The molecule has 1 aromatic heterocycles. The van der Waals surface area contributed by atoms with Gasteiger partial charge in [0, 0.05) is 5.56 Å². The van der Waals surface area contributed by atoms with Crippen molar-refractivity contribution in [2.24, 2.45) is 5.73 Å². The van der Waals surface area contributed by atoms with Crippen LogP contribution in [0, 0.1) is 0 Å². The van der Waals surface area contributed by atoms with Gasteiger partial charge >= 0.3 is 6.03 Å². The Bertz CT molecular complexity index is 623. The summed E-state index contributed by atoms with van der Waals surface area (Å²) in [4.78, 5) is 21.9. The quantitative estimate of drug-likeness (QED) is 0.723. The number of amides is 2. The molecule has 7 heteroatoms. The van der Waals surface area contributed by atoms with E-state index in [0.29, 0.717) is 30.8 Å². The number of fused-ring (bicyclic) bond motifs is 1. The number of nitrogen functional groups attached to an aromatic ring is 1. The van der Waals surface area contributed by atoms with Crippen LogP contribution in [0.5, 0.6) is 0 Å². The van der Waals surface area contributed by atoms with Crippen molar-refractivity contribution in [3.05, 3.63) is 17.0 Å². The Kier molecular flexibility index (Phi) is 3.28. The smallest absolute Gasteiger partial charge is 0.315 e. The number of anilines is 1. The average Bonchev–Trinajstić information content (AvgIpc) is 2.70. The third kappa shape index (κ3) is 2.11. The van der Waals surface area contributed by atoms with E-state index in [1.165, 1.54) is 0 Å². The minimum absolute atomic E-state index is 0.134. The largest absolute Gasteiger partial charge is 0.384 e. The lowest BCUT2D eigenvalue weighted by atomic mass is 9.78. The molecule has 1 aromatic rings. The molecule has 120 valence electrons. The van der Waals surface area contributed by atoms with E-state index in [0.717, 1.165) is 24.8 Å². The van der Waals surface area contributed by atoms with E-state index in [-0.39, 0.29) is 5.95 Å². The molecule has 1 aliphatic carbocycles. The summed E-state index contributed by atoms with van der Waals surface area (Å²) < 4.78 is 0.